The first-order valence-electron chi connectivity index (χ1n) is 8.94. The van der Waals surface area contributed by atoms with E-state index in [2.05, 4.69) is 0 Å². The van der Waals surface area contributed by atoms with Gasteiger partial charge in [-0.05, 0) is 36.6 Å². The van der Waals surface area contributed by atoms with E-state index in [1.165, 1.54) is 22.5 Å². The number of halogens is 1. The maximum absolute atomic E-state index is 13.6. The fourth-order valence-corrected chi connectivity index (χ4v) is 5.12. The Morgan fingerprint density at radius 3 is 2.59 bits per heavy atom. The number of ether oxygens (including phenoxy) is 2. The van der Waals surface area contributed by atoms with Crippen LogP contribution in [0.5, 0.6) is 0 Å². The largest absolute Gasteiger partial charge is 0.382 e. The number of hydrogen-bond donors (Lipinski definition) is 0. The van der Waals surface area contributed by atoms with E-state index in [9.17, 15) is 12.8 Å². The molecule has 3 rings (SSSR count). The zero-order valence-corrected chi connectivity index (χ0v) is 16.1. The normalized spacial score (nSPS) is 20.8. The molecule has 0 radical (unpaired) electrons. The highest BCUT2D eigenvalue weighted by Gasteiger charge is 2.42. The summed E-state index contributed by atoms with van der Waals surface area (Å²) in [5.41, 5.74) is 1.03. The molecule has 1 aliphatic heterocycles. The summed E-state index contributed by atoms with van der Waals surface area (Å²) in [6.45, 7) is 1.19. The highest BCUT2D eigenvalue weighted by Crippen LogP contribution is 2.30. The first-order valence-corrected chi connectivity index (χ1v) is 10.4. The van der Waals surface area contributed by atoms with Crippen molar-refractivity contribution in [3.8, 4) is 0 Å². The van der Waals surface area contributed by atoms with Crippen molar-refractivity contribution in [3.05, 3.63) is 66.0 Å². The highest BCUT2D eigenvalue weighted by atomic mass is 32.2. The molecule has 1 aliphatic rings. The molecule has 5 nitrogen and oxygen atoms in total. The fourth-order valence-electron chi connectivity index (χ4n) is 3.43. The van der Waals surface area contributed by atoms with Crippen molar-refractivity contribution in [2.75, 3.05) is 26.9 Å². The zero-order chi connectivity index (χ0) is 19.3. The summed E-state index contributed by atoms with van der Waals surface area (Å²) in [6, 6.07) is 14.5. The second-order valence-corrected chi connectivity index (χ2v) is 8.41. The topological polar surface area (TPSA) is 55.8 Å². The average molecular weight is 393 g/mol. The van der Waals surface area contributed by atoms with Crippen molar-refractivity contribution in [1.82, 2.24) is 4.31 Å². The van der Waals surface area contributed by atoms with Gasteiger partial charge in [-0.15, -0.1) is 0 Å². The van der Waals surface area contributed by atoms with Crippen LogP contribution in [0.15, 0.2) is 59.5 Å². The molecule has 27 heavy (non-hydrogen) atoms. The lowest BCUT2D eigenvalue weighted by Gasteiger charge is -2.28. The Labute approximate surface area is 159 Å². The van der Waals surface area contributed by atoms with Crippen molar-refractivity contribution < 1.29 is 22.3 Å². The van der Waals surface area contributed by atoms with Gasteiger partial charge in [0.05, 0.1) is 30.3 Å². The minimum Gasteiger partial charge on any atom is -0.382 e. The smallest absolute Gasteiger partial charge is 0.243 e. The van der Waals surface area contributed by atoms with E-state index in [-0.39, 0.29) is 17.0 Å². The minimum atomic E-state index is -3.81. The molecule has 2 aromatic rings. The molecule has 0 N–H and O–H groups in total. The SMILES string of the molecule is COCCO[C@@H]1CCN(S(=O)(=O)c2cccc(F)c2)[C@H]1Cc1ccccc1. The average Bonchev–Trinajstić information content (AvgIpc) is 3.06. The van der Waals surface area contributed by atoms with Crippen LogP contribution in [-0.2, 0) is 25.9 Å². The summed E-state index contributed by atoms with van der Waals surface area (Å²) in [5.74, 6) is -0.567. The summed E-state index contributed by atoms with van der Waals surface area (Å²) in [4.78, 5) is -0.0295. The molecule has 7 heteroatoms. The monoisotopic (exact) mass is 393 g/mol. The van der Waals surface area contributed by atoms with Crippen LogP contribution in [0.2, 0.25) is 0 Å². The van der Waals surface area contributed by atoms with Crippen LogP contribution in [0.4, 0.5) is 4.39 Å². The van der Waals surface area contributed by atoms with Crippen LogP contribution < -0.4 is 0 Å². The molecular formula is C20H24FNO4S. The Morgan fingerprint density at radius 2 is 1.89 bits per heavy atom. The van der Waals surface area contributed by atoms with Crippen LogP contribution >= 0.6 is 0 Å². The third-order valence-electron chi connectivity index (χ3n) is 4.74. The predicted molar refractivity (Wildman–Crippen MR) is 100 cm³/mol. The second-order valence-electron chi connectivity index (χ2n) is 6.52. The molecule has 0 spiro atoms. The van der Waals surface area contributed by atoms with E-state index < -0.39 is 15.8 Å². The van der Waals surface area contributed by atoms with Gasteiger partial charge in [-0.3, -0.25) is 0 Å². The molecule has 0 aliphatic carbocycles. The van der Waals surface area contributed by atoms with Gasteiger partial charge in [0.1, 0.15) is 5.82 Å². The maximum atomic E-state index is 13.6. The Balaban J connectivity index is 1.87. The van der Waals surface area contributed by atoms with Crippen LogP contribution in [0.3, 0.4) is 0 Å². The van der Waals surface area contributed by atoms with Gasteiger partial charge in [0, 0.05) is 13.7 Å². The number of rotatable bonds is 8. The highest BCUT2D eigenvalue weighted by molar-refractivity contribution is 7.89. The number of sulfonamides is 1. The van der Waals surface area contributed by atoms with E-state index in [1.54, 1.807) is 7.11 Å². The Morgan fingerprint density at radius 1 is 1.11 bits per heavy atom. The van der Waals surface area contributed by atoms with Crippen molar-refractivity contribution in [1.29, 1.82) is 0 Å². The fraction of sp³-hybridized carbons (Fsp3) is 0.400. The molecule has 2 atom stereocenters. The maximum Gasteiger partial charge on any atom is 0.243 e. The second kappa shape index (κ2) is 8.93. The van der Waals surface area contributed by atoms with Crippen LogP contribution in [0, 0.1) is 5.82 Å². The predicted octanol–water partition coefficient (Wildman–Crippen LogP) is 2.86. The lowest BCUT2D eigenvalue weighted by molar-refractivity contribution is 0.00637. The van der Waals surface area contributed by atoms with Crippen molar-refractivity contribution >= 4 is 10.0 Å². The van der Waals surface area contributed by atoms with Crippen LogP contribution in [0.1, 0.15) is 12.0 Å². The van der Waals surface area contributed by atoms with Crippen LogP contribution in [0.25, 0.3) is 0 Å². The van der Waals surface area contributed by atoms with Gasteiger partial charge in [0.2, 0.25) is 10.0 Å². The van der Waals surface area contributed by atoms with Gasteiger partial charge < -0.3 is 9.47 Å². The van der Waals surface area contributed by atoms with Gasteiger partial charge in [0.25, 0.3) is 0 Å². The van der Waals surface area contributed by atoms with Gasteiger partial charge in [0.15, 0.2) is 0 Å². The Kier molecular flexibility index (Phi) is 6.59. The molecule has 1 heterocycles. The van der Waals surface area contributed by atoms with Crippen molar-refractivity contribution in [3.63, 3.8) is 0 Å². The van der Waals surface area contributed by atoms with Gasteiger partial charge in [-0.2, -0.15) is 4.31 Å². The van der Waals surface area contributed by atoms with E-state index in [0.29, 0.717) is 32.6 Å². The van der Waals surface area contributed by atoms with Gasteiger partial charge >= 0.3 is 0 Å². The van der Waals surface area contributed by atoms with E-state index in [4.69, 9.17) is 9.47 Å². The third-order valence-corrected chi connectivity index (χ3v) is 6.66. The Bertz CT molecular complexity index is 844. The number of methoxy groups -OCH3 is 1. The van der Waals surface area contributed by atoms with E-state index >= 15 is 0 Å². The molecule has 146 valence electrons. The molecule has 2 aromatic carbocycles. The van der Waals surface area contributed by atoms with E-state index in [0.717, 1.165) is 11.6 Å². The summed E-state index contributed by atoms with van der Waals surface area (Å²) >= 11 is 0. The molecule has 1 saturated heterocycles. The minimum absolute atomic E-state index is 0.0295. The standard InChI is InChI=1S/C20H24FNO4S/c1-25-12-13-26-20-10-11-22(19(20)14-16-6-3-2-4-7-16)27(23,24)18-9-5-8-17(21)15-18/h2-9,15,19-20H,10-14H2,1H3/t19-,20+/m0/s1. The van der Waals surface area contributed by atoms with E-state index in [1.807, 2.05) is 30.3 Å². The summed E-state index contributed by atoms with van der Waals surface area (Å²) < 4.78 is 52.3. The zero-order valence-electron chi connectivity index (χ0n) is 15.3. The lowest BCUT2D eigenvalue weighted by Crippen LogP contribution is -2.42. The molecule has 0 saturated carbocycles. The number of nitrogens with zero attached hydrogens (tertiary/aromatic N) is 1. The lowest BCUT2D eigenvalue weighted by atomic mass is 10.0. The first kappa shape index (κ1) is 19.9. The quantitative estimate of drug-likeness (QED) is 0.647. The molecule has 0 unspecified atom stereocenters. The number of benzene rings is 2. The molecule has 0 aromatic heterocycles. The van der Waals surface area contributed by atoms with Gasteiger partial charge in [-0.1, -0.05) is 36.4 Å². The van der Waals surface area contributed by atoms with Crippen molar-refractivity contribution in [2.24, 2.45) is 0 Å². The van der Waals surface area contributed by atoms with Crippen LogP contribution in [-0.4, -0.2) is 51.7 Å². The summed E-state index contributed by atoms with van der Waals surface area (Å²) in [5, 5.41) is 0. The molecule has 0 amide bonds. The molecule has 0 bridgehead atoms. The Hall–Kier alpha value is -1.80. The summed E-state index contributed by atoms with van der Waals surface area (Å²) in [6.07, 6.45) is 0.895. The number of hydrogen-bond acceptors (Lipinski definition) is 4. The molecule has 1 fully saturated rings. The van der Waals surface area contributed by atoms with Gasteiger partial charge in [-0.25, -0.2) is 12.8 Å². The molecular weight excluding hydrogens is 369 g/mol. The summed E-state index contributed by atoms with van der Waals surface area (Å²) in [7, 11) is -2.21. The van der Waals surface area contributed by atoms with Crippen molar-refractivity contribution in [2.45, 2.75) is 29.9 Å². The third kappa shape index (κ3) is 4.73. The first-order chi connectivity index (χ1) is 13.0.